The first-order valence-corrected chi connectivity index (χ1v) is 8.43. The monoisotopic (exact) mass is 385 g/mol. The van der Waals surface area contributed by atoms with Crippen molar-refractivity contribution in [1.29, 1.82) is 0 Å². The molecule has 1 aliphatic heterocycles. The first kappa shape index (κ1) is 18.0. The predicted molar refractivity (Wildman–Crippen MR) is 93.7 cm³/mol. The summed E-state index contributed by atoms with van der Waals surface area (Å²) in [5.41, 5.74) is 1.40. The first-order valence-electron chi connectivity index (χ1n) is 7.68. The van der Waals surface area contributed by atoms with E-state index in [-0.39, 0.29) is 11.5 Å². The van der Waals surface area contributed by atoms with Crippen LogP contribution in [-0.4, -0.2) is 26.2 Å². The Hall–Kier alpha value is -1.85. The number of rotatable bonds is 3. The minimum atomic E-state index is -1.07. The largest absolute Gasteiger partial charge is 0.465 e. The molecule has 1 saturated heterocycles. The summed E-state index contributed by atoms with van der Waals surface area (Å²) >= 11 is 12.0. The average molecular weight is 386 g/mol. The van der Waals surface area contributed by atoms with Gasteiger partial charge in [0.2, 0.25) is 0 Å². The molecule has 2 aromatic carbocycles. The van der Waals surface area contributed by atoms with Crippen molar-refractivity contribution < 1.29 is 18.3 Å². The van der Waals surface area contributed by atoms with Crippen LogP contribution in [-0.2, 0) is 4.74 Å². The number of esters is 1. The van der Waals surface area contributed by atoms with E-state index >= 15 is 0 Å². The molecule has 25 heavy (non-hydrogen) atoms. The lowest BCUT2D eigenvalue weighted by Crippen LogP contribution is -2.20. The third-order valence-corrected chi connectivity index (χ3v) is 5.13. The molecule has 7 heteroatoms. The van der Waals surface area contributed by atoms with Crippen LogP contribution in [0.3, 0.4) is 0 Å². The van der Waals surface area contributed by atoms with E-state index in [1.807, 2.05) is 6.07 Å². The van der Waals surface area contributed by atoms with Crippen molar-refractivity contribution in [3.05, 3.63) is 63.1 Å². The normalized spacial score (nSPS) is 17.0. The Bertz CT molecular complexity index is 829. The number of ether oxygens (including phenoxy) is 1. The maximum Gasteiger partial charge on any atom is 0.338 e. The summed E-state index contributed by atoms with van der Waals surface area (Å²) in [6.07, 6.45) is 0.690. The van der Waals surface area contributed by atoms with E-state index in [1.165, 1.54) is 7.11 Å². The van der Waals surface area contributed by atoms with Gasteiger partial charge in [0.05, 0.1) is 22.7 Å². The Balaban J connectivity index is 1.90. The molecule has 3 rings (SSSR count). The van der Waals surface area contributed by atoms with Crippen molar-refractivity contribution in [2.24, 2.45) is 0 Å². The summed E-state index contributed by atoms with van der Waals surface area (Å²) in [6, 6.07) is 7.31. The van der Waals surface area contributed by atoms with Crippen LogP contribution in [0.1, 0.15) is 28.3 Å². The van der Waals surface area contributed by atoms with E-state index < -0.39 is 17.6 Å². The first-order chi connectivity index (χ1) is 11.9. The summed E-state index contributed by atoms with van der Waals surface area (Å²) in [5, 5.41) is 0.917. The molecule has 1 atom stereocenters. The lowest BCUT2D eigenvalue weighted by atomic mass is 9.93. The Morgan fingerprint density at radius 2 is 1.88 bits per heavy atom. The van der Waals surface area contributed by atoms with Crippen molar-refractivity contribution in [1.82, 2.24) is 0 Å². The molecule has 132 valence electrons. The van der Waals surface area contributed by atoms with Gasteiger partial charge in [-0.3, -0.25) is 0 Å². The van der Waals surface area contributed by atoms with E-state index in [2.05, 4.69) is 4.90 Å². The molecule has 1 heterocycles. The number of anilines is 1. The summed E-state index contributed by atoms with van der Waals surface area (Å²) in [6.45, 7) is 1.25. The second-order valence-corrected chi connectivity index (χ2v) is 6.69. The van der Waals surface area contributed by atoms with Gasteiger partial charge >= 0.3 is 5.97 Å². The molecule has 0 amide bonds. The minimum absolute atomic E-state index is 0.0578. The summed E-state index contributed by atoms with van der Waals surface area (Å²) < 4.78 is 32.0. The average Bonchev–Trinajstić information content (AvgIpc) is 3.08. The minimum Gasteiger partial charge on any atom is -0.465 e. The van der Waals surface area contributed by atoms with Gasteiger partial charge in [-0.1, -0.05) is 23.2 Å². The lowest BCUT2D eigenvalue weighted by molar-refractivity contribution is 0.0598. The van der Waals surface area contributed by atoms with Crippen LogP contribution >= 0.6 is 23.2 Å². The van der Waals surface area contributed by atoms with Crippen molar-refractivity contribution >= 4 is 34.9 Å². The highest BCUT2D eigenvalue weighted by Crippen LogP contribution is 2.35. The fourth-order valence-electron chi connectivity index (χ4n) is 3.12. The van der Waals surface area contributed by atoms with Gasteiger partial charge in [0.25, 0.3) is 0 Å². The second kappa shape index (κ2) is 7.18. The fraction of sp³-hybridized carbons (Fsp3) is 0.278. The second-order valence-electron chi connectivity index (χ2n) is 5.88. The Kier molecular flexibility index (Phi) is 5.16. The highest BCUT2D eigenvalue weighted by Gasteiger charge is 2.29. The third kappa shape index (κ3) is 3.58. The van der Waals surface area contributed by atoms with Gasteiger partial charge < -0.3 is 9.64 Å². The number of methoxy groups -OCH3 is 1. The topological polar surface area (TPSA) is 29.5 Å². The zero-order valence-electron chi connectivity index (χ0n) is 13.4. The molecular weight excluding hydrogens is 371 g/mol. The molecule has 3 nitrogen and oxygen atoms in total. The van der Waals surface area contributed by atoms with Crippen LogP contribution in [0.25, 0.3) is 0 Å². The Labute approximate surface area is 154 Å². The Morgan fingerprint density at radius 3 is 2.56 bits per heavy atom. The van der Waals surface area contributed by atoms with Crippen LogP contribution in [0.2, 0.25) is 10.0 Å². The van der Waals surface area contributed by atoms with Gasteiger partial charge in [-0.2, -0.15) is 0 Å². The maximum absolute atomic E-state index is 13.7. The quantitative estimate of drug-likeness (QED) is 0.692. The molecule has 0 saturated carbocycles. The number of carbonyl (C=O) groups excluding carboxylic acids is 1. The molecular formula is C18H15Cl2F2NO2. The number of nitrogens with zero attached hydrogens (tertiary/aromatic N) is 1. The number of halogens is 4. The van der Waals surface area contributed by atoms with Gasteiger partial charge in [-0.15, -0.1) is 0 Å². The summed E-state index contributed by atoms with van der Waals surface area (Å²) in [5.74, 6) is -2.85. The highest BCUT2D eigenvalue weighted by atomic mass is 35.5. The van der Waals surface area contributed by atoms with Crippen LogP contribution in [0.4, 0.5) is 14.5 Å². The molecule has 1 unspecified atom stereocenters. The molecule has 0 aliphatic carbocycles. The van der Waals surface area contributed by atoms with E-state index in [0.717, 1.165) is 17.8 Å². The number of carbonyl (C=O) groups is 1. The molecule has 1 fully saturated rings. The molecule has 0 N–H and O–H groups in total. The molecule has 2 aromatic rings. The van der Waals surface area contributed by atoms with Gasteiger partial charge in [0, 0.05) is 24.7 Å². The molecule has 0 spiro atoms. The number of benzene rings is 2. The molecule has 0 aromatic heterocycles. The highest BCUT2D eigenvalue weighted by molar-refractivity contribution is 6.42. The van der Waals surface area contributed by atoms with E-state index in [1.54, 1.807) is 12.1 Å². The SMILES string of the molecule is COC(=O)c1cc(F)c(F)cc1C1CCN(c2ccc(Cl)c(Cl)c2)C1. The maximum atomic E-state index is 13.7. The van der Waals surface area contributed by atoms with Gasteiger partial charge in [0.1, 0.15) is 0 Å². The number of hydrogen-bond acceptors (Lipinski definition) is 3. The van der Waals surface area contributed by atoms with E-state index in [4.69, 9.17) is 27.9 Å². The van der Waals surface area contributed by atoms with Gasteiger partial charge in [-0.25, -0.2) is 13.6 Å². The van der Waals surface area contributed by atoms with E-state index in [0.29, 0.717) is 35.1 Å². The predicted octanol–water partition coefficient (Wildman–Crippen LogP) is 5.05. The zero-order valence-corrected chi connectivity index (χ0v) is 14.9. The van der Waals surface area contributed by atoms with Crippen LogP contribution < -0.4 is 4.90 Å². The van der Waals surface area contributed by atoms with Gasteiger partial charge in [-0.05, 0) is 42.3 Å². The van der Waals surface area contributed by atoms with E-state index in [9.17, 15) is 13.6 Å². The smallest absolute Gasteiger partial charge is 0.338 e. The molecule has 0 bridgehead atoms. The number of hydrogen-bond donors (Lipinski definition) is 0. The zero-order chi connectivity index (χ0) is 18.1. The Morgan fingerprint density at radius 1 is 1.16 bits per heavy atom. The van der Waals surface area contributed by atoms with Crippen LogP contribution in [0, 0.1) is 11.6 Å². The summed E-state index contributed by atoms with van der Waals surface area (Å²) in [7, 11) is 1.21. The van der Waals surface area contributed by atoms with Crippen molar-refractivity contribution in [2.45, 2.75) is 12.3 Å². The van der Waals surface area contributed by atoms with Crippen molar-refractivity contribution in [3.8, 4) is 0 Å². The van der Waals surface area contributed by atoms with Crippen molar-refractivity contribution in [3.63, 3.8) is 0 Å². The van der Waals surface area contributed by atoms with Crippen molar-refractivity contribution in [2.75, 3.05) is 25.1 Å². The fourth-order valence-corrected chi connectivity index (χ4v) is 3.41. The standard InChI is InChI=1S/C18H15Cl2F2NO2/c1-25-18(24)13-8-17(22)16(21)7-12(13)10-4-5-23(9-10)11-2-3-14(19)15(20)6-11/h2-3,6-8,10H,4-5,9H2,1H3. The van der Waals surface area contributed by atoms with Crippen LogP contribution in [0.15, 0.2) is 30.3 Å². The molecule has 0 radical (unpaired) electrons. The van der Waals surface area contributed by atoms with Crippen LogP contribution in [0.5, 0.6) is 0 Å². The summed E-state index contributed by atoms with van der Waals surface area (Å²) in [4.78, 5) is 14.0. The van der Waals surface area contributed by atoms with Gasteiger partial charge in [0.15, 0.2) is 11.6 Å². The molecule has 1 aliphatic rings. The lowest BCUT2D eigenvalue weighted by Gasteiger charge is -2.20. The third-order valence-electron chi connectivity index (χ3n) is 4.39.